The lowest BCUT2D eigenvalue weighted by molar-refractivity contribution is 0.361. The van der Waals surface area contributed by atoms with Crippen LogP contribution < -0.4 is 70.2 Å². The highest BCUT2D eigenvalue weighted by atomic mass is 28.3. The van der Waals surface area contributed by atoms with Gasteiger partial charge in [0.25, 0.3) is 0 Å². The van der Waals surface area contributed by atoms with E-state index in [1.54, 1.807) is 0 Å². The molecule has 4 aliphatic rings. The second kappa shape index (κ2) is 34.1. The highest BCUT2D eigenvalue weighted by Gasteiger charge is 2.53. The van der Waals surface area contributed by atoms with Gasteiger partial charge in [0.1, 0.15) is 0 Å². The van der Waals surface area contributed by atoms with E-state index in [-0.39, 0.29) is 0 Å². The first kappa shape index (κ1) is 80.7. The first-order chi connectivity index (χ1) is 67.4. The summed E-state index contributed by atoms with van der Waals surface area (Å²) >= 11 is 0. The Morgan fingerprint density at radius 3 is 0.779 bits per heavy atom. The largest absolute Gasteiger partial charge is 0.449 e. The van der Waals surface area contributed by atoms with Crippen molar-refractivity contribution < 1.29 is 18.9 Å². The topological polar surface area (TPSA) is 43.4 Å². The van der Waals surface area contributed by atoms with Crippen molar-refractivity contribution >= 4 is 113 Å². The van der Waals surface area contributed by atoms with Crippen molar-refractivity contribution in [1.29, 1.82) is 0 Å². The zero-order chi connectivity index (χ0) is 90.0. The molecule has 136 heavy (non-hydrogen) atoms. The van der Waals surface area contributed by atoms with E-state index in [0.29, 0.717) is 0 Å². The quantitative estimate of drug-likeness (QED) is 0.0709. The standard InChI is InChI=1S/C66H45NO2Si.C62H41NO2Si/c1-4-14-46(15-5-1)49-24-34-54(35-25-49)67(55-36-26-50(27-37-55)47-16-6-2-7-17-47)56-38-28-51(29-39-56)53-32-42-58(43-33-53)70(57-40-30-52(31-41-57)48-18-8-3-9-19-48)63-23-13-10-20-59(63)65-64(70)45-44-62-66(65)69-61-22-12-11-21-60(61)68-62;1-3-15-42(16-4-1)43-27-31-46(32-28-43)63(47-33-29-44(30-34-47)55-41-45-17-7-8-20-51(45)52-21-9-10-22-53(52)55)48-35-37-50(38-36-48)66(49-18-5-2-6-19-49)59-26-14-11-23-54(59)61-60(66)40-39-58-62(61)65-57-25-13-12-24-56(57)64-58/h1-45H;1-41H. The summed E-state index contributed by atoms with van der Waals surface area (Å²) in [5.74, 6) is 5.96. The minimum Gasteiger partial charge on any atom is -0.449 e. The van der Waals surface area contributed by atoms with E-state index >= 15 is 0 Å². The van der Waals surface area contributed by atoms with E-state index in [1.165, 1.54) is 130 Å². The molecule has 22 aromatic rings. The molecule has 0 aromatic heterocycles. The van der Waals surface area contributed by atoms with Crippen molar-refractivity contribution in [2.45, 2.75) is 0 Å². The molecular weight excluding hydrogens is 1690 g/mol. The molecule has 4 aliphatic heterocycles. The molecule has 0 amide bonds. The third-order valence-corrected chi connectivity index (χ3v) is 37.4. The molecule has 6 nitrogen and oxygen atoms in total. The van der Waals surface area contributed by atoms with Gasteiger partial charge in [-0.15, -0.1) is 0 Å². The van der Waals surface area contributed by atoms with Crippen LogP contribution in [0.3, 0.4) is 0 Å². The Balaban J connectivity index is 0.000000145. The normalized spacial score (nSPS) is 14.2. The Morgan fingerprint density at radius 2 is 0.412 bits per heavy atom. The monoisotopic (exact) mass is 1770 g/mol. The highest BCUT2D eigenvalue weighted by Crippen LogP contribution is 2.54. The van der Waals surface area contributed by atoms with Crippen molar-refractivity contribution in [3.05, 3.63) is 522 Å². The number of nitrogens with zero attached hydrogens (tertiary/aromatic N) is 2. The van der Waals surface area contributed by atoms with Crippen LogP contribution in [0.1, 0.15) is 0 Å². The predicted molar refractivity (Wildman–Crippen MR) is 568 cm³/mol. The lowest BCUT2D eigenvalue weighted by Gasteiger charge is -2.32. The number of anilines is 6. The summed E-state index contributed by atoms with van der Waals surface area (Å²) in [6, 6.07) is 189. The molecule has 0 bridgehead atoms. The van der Waals surface area contributed by atoms with Crippen molar-refractivity contribution in [2.75, 3.05) is 9.80 Å². The second-order valence-electron chi connectivity index (χ2n) is 35.2. The molecule has 0 aliphatic carbocycles. The molecule has 0 fully saturated rings. The number of hydrogen-bond donors (Lipinski definition) is 0. The van der Waals surface area contributed by atoms with Crippen LogP contribution in [0, 0.1) is 0 Å². The predicted octanol–water partition coefficient (Wildman–Crippen LogP) is 29.1. The number of fused-ring (bicyclic) bond motifs is 15. The lowest BCUT2D eigenvalue weighted by atomic mass is 9.93. The average molecular weight is 1770 g/mol. The van der Waals surface area contributed by atoms with E-state index in [2.05, 4.69) is 483 Å². The van der Waals surface area contributed by atoms with Gasteiger partial charge in [0.05, 0.1) is 0 Å². The molecular formula is C128H86N2O4Si2. The number of ether oxygens (including phenoxy) is 4. The molecule has 2 atom stereocenters. The zero-order valence-electron chi connectivity index (χ0n) is 74.2. The maximum atomic E-state index is 6.82. The molecule has 4 heterocycles. The Bertz CT molecular complexity index is 8180. The molecule has 8 heteroatoms. The van der Waals surface area contributed by atoms with Gasteiger partial charge in [-0.25, -0.2) is 0 Å². The van der Waals surface area contributed by atoms with Gasteiger partial charge in [-0.2, -0.15) is 0 Å². The summed E-state index contributed by atoms with van der Waals surface area (Å²) < 4.78 is 26.7. The Hall–Kier alpha value is -17.4. The molecule has 640 valence electrons. The fraction of sp³-hybridized carbons (Fsp3) is 0. The molecule has 0 saturated carbocycles. The van der Waals surface area contributed by atoms with Crippen LogP contribution >= 0.6 is 0 Å². The minimum absolute atomic E-state index is 0.729. The van der Waals surface area contributed by atoms with Gasteiger partial charge in [-0.05, 0) is 256 Å². The summed E-state index contributed by atoms with van der Waals surface area (Å²) in [5.41, 5.74) is 25.5. The van der Waals surface area contributed by atoms with Crippen molar-refractivity contribution in [3.63, 3.8) is 0 Å². The molecule has 22 aromatic carbocycles. The highest BCUT2D eigenvalue weighted by molar-refractivity contribution is 7.23. The minimum atomic E-state index is -2.92. The lowest BCUT2D eigenvalue weighted by Crippen LogP contribution is -2.72. The molecule has 2 unspecified atom stereocenters. The van der Waals surface area contributed by atoms with E-state index in [0.717, 1.165) is 102 Å². The summed E-state index contributed by atoms with van der Waals surface area (Å²) in [5, 5.41) is 15.6. The zero-order valence-corrected chi connectivity index (χ0v) is 76.2. The van der Waals surface area contributed by atoms with Crippen LogP contribution in [-0.4, -0.2) is 16.1 Å². The van der Waals surface area contributed by atoms with Gasteiger partial charge in [0.15, 0.2) is 62.1 Å². The third kappa shape index (κ3) is 13.9. The van der Waals surface area contributed by atoms with E-state index < -0.39 is 16.1 Å². The average Bonchev–Trinajstić information content (AvgIpc) is 1.53. The van der Waals surface area contributed by atoms with Crippen LogP contribution in [0.15, 0.2) is 522 Å². The third-order valence-electron chi connectivity index (χ3n) is 27.7. The number of hydrogen-bond acceptors (Lipinski definition) is 6. The fourth-order valence-corrected chi connectivity index (χ4v) is 31.6. The van der Waals surface area contributed by atoms with Crippen LogP contribution in [0.2, 0.25) is 0 Å². The Kier molecular flexibility index (Phi) is 20.2. The van der Waals surface area contributed by atoms with Crippen LogP contribution in [-0.2, 0) is 0 Å². The molecule has 0 radical (unpaired) electrons. The van der Waals surface area contributed by atoms with Gasteiger partial charge in [-0.1, -0.05) is 406 Å². The van der Waals surface area contributed by atoms with Gasteiger partial charge in [-0.3, -0.25) is 0 Å². The molecule has 0 spiro atoms. The van der Waals surface area contributed by atoms with Crippen molar-refractivity contribution in [3.8, 4) is 135 Å². The first-order valence-corrected chi connectivity index (χ1v) is 50.5. The summed E-state index contributed by atoms with van der Waals surface area (Å²) in [4.78, 5) is 4.73. The van der Waals surface area contributed by atoms with Gasteiger partial charge in [0.2, 0.25) is 0 Å². The maximum absolute atomic E-state index is 6.82. The Labute approximate surface area is 793 Å². The first-order valence-electron chi connectivity index (χ1n) is 46.5. The van der Waals surface area contributed by atoms with Crippen LogP contribution in [0.4, 0.5) is 34.1 Å². The number of benzene rings is 22. The summed E-state index contributed by atoms with van der Waals surface area (Å²) in [7, 11) is -5.80. The van der Waals surface area contributed by atoms with E-state index in [9.17, 15) is 0 Å². The Morgan fingerprint density at radius 1 is 0.154 bits per heavy atom. The van der Waals surface area contributed by atoms with E-state index in [4.69, 9.17) is 18.9 Å². The van der Waals surface area contributed by atoms with E-state index in [1.807, 2.05) is 48.5 Å². The summed E-state index contributed by atoms with van der Waals surface area (Å²) in [6.45, 7) is 0. The van der Waals surface area contributed by atoms with Crippen LogP contribution in [0.5, 0.6) is 46.0 Å². The molecule has 0 saturated heterocycles. The molecule has 0 N–H and O–H groups in total. The van der Waals surface area contributed by atoms with Gasteiger partial charge >= 0.3 is 0 Å². The summed E-state index contributed by atoms with van der Waals surface area (Å²) in [6.07, 6.45) is 0. The molecule has 26 rings (SSSR count). The smallest absolute Gasteiger partial charge is 0.181 e. The number of para-hydroxylation sites is 4. The number of rotatable bonds is 16. The van der Waals surface area contributed by atoms with Crippen LogP contribution in [0.25, 0.3) is 111 Å². The maximum Gasteiger partial charge on any atom is 0.181 e. The van der Waals surface area contributed by atoms with Gasteiger partial charge in [0, 0.05) is 45.3 Å². The SMILES string of the molecule is c1ccc(-c2ccc(N(c3ccc(-c4cc5ccccc5c5ccccc45)cc3)c3ccc([Si]4(c5ccccc5)c5ccccc5-c5c4ccc4c5Oc5ccccc5O4)cc3)cc2)cc1.c1ccc(-c2ccc(N(c3ccc(-c4ccccc4)cc3)c3ccc(-c4ccc([Si]5(c6ccc(-c7ccccc7)cc6)c6ccccc6-c6c5ccc5c6Oc6ccccc6O5)cc4)cc3)cc2)cc1. The second-order valence-corrected chi connectivity index (χ2v) is 42.6. The fourth-order valence-electron chi connectivity index (χ4n) is 21.4. The van der Waals surface area contributed by atoms with Crippen molar-refractivity contribution in [2.24, 2.45) is 0 Å². The van der Waals surface area contributed by atoms with Gasteiger partial charge < -0.3 is 28.7 Å². The van der Waals surface area contributed by atoms with Crippen molar-refractivity contribution in [1.82, 2.24) is 0 Å².